The molecule has 1 unspecified atom stereocenters. The Labute approximate surface area is 69.6 Å². The second-order valence-electron chi connectivity index (χ2n) is 3.33. The molecule has 0 spiro atoms. The SMILES string of the molecule is CC(C)C(C)CNCCC#N. The van der Waals surface area contributed by atoms with Crippen molar-refractivity contribution in [3.05, 3.63) is 0 Å². The van der Waals surface area contributed by atoms with E-state index in [2.05, 4.69) is 32.2 Å². The summed E-state index contributed by atoms with van der Waals surface area (Å²) in [5.74, 6) is 1.43. The summed E-state index contributed by atoms with van der Waals surface area (Å²) in [5.41, 5.74) is 0. The molecule has 0 saturated carbocycles. The van der Waals surface area contributed by atoms with Crippen LogP contribution in [-0.2, 0) is 0 Å². The van der Waals surface area contributed by atoms with Crippen molar-refractivity contribution in [2.45, 2.75) is 27.2 Å². The molecule has 1 N–H and O–H groups in total. The number of hydrogen-bond donors (Lipinski definition) is 1. The van der Waals surface area contributed by atoms with Gasteiger partial charge in [-0.15, -0.1) is 0 Å². The number of nitrogens with zero attached hydrogens (tertiary/aromatic N) is 1. The maximum absolute atomic E-state index is 8.25. The van der Waals surface area contributed by atoms with Gasteiger partial charge in [0.15, 0.2) is 0 Å². The lowest BCUT2D eigenvalue weighted by atomic mass is 9.98. The van der Waals surface area contributed by atoms with Crippen molar-refractivity contribution < 1.29 is 0 Å². The summed E-state index contributed by atoms with van der Waals surface area (Å²) in [5, 5.41) is 11.5. The van der Waals surface area contributed by atoms with Gasteiger partial charge in [0.1, 0.15) is 0 Å². The van der Waals surface area contributed by atoms with Gasteiger partial charge in [-0.3, -0.25) is 0 Å². The summed E-state index contributed by atoms with van der Waals surface area (Å²) in [7, 11) is 0. The van der Waals surface area contributed by atoms with Crippen LogP contribution in [0.5, 0.6) is 0 Å². The molecule has 0 aliphatic rings. The highest BCUT2D eigenvalue weighted by Crippen LogP contribution is 2.07. The average molecular weight is 154 g/mol. The Hall–Kier alpha value is -0.550. The molecule has 0 amide bonds. The van der Waals surface area contributed by atoms with Gasteiger partial charge in [0.05, 0.1) is 6.07 Å². The van der Waals surface area contributed by atoms with E-state index in [-0.39, 0.29) is 0 Å². The second-order valence-corrected chi connectivity index (χ2v) is 3.33. The topological polar surface area (TPSA) is 35.8 Å². The van der Waals surface area contributed by atoms with Crippen molar-refractivity contribution in [1.29, 1.82) is 5.26 Å². The minimum absolute atomic E-state index is 0.616. The van der Waals surface area contributed by atoms with Crippen molar-refractivity contribution in [3.63, 3.8) is 0 Å². The number of hydrogen-bond acceptors (Lipinski definition) is 2. The molecular weight excluding hydrogens is 136 g/mol. The quantitative estimate of drug-likeness (QED) is 0.613. The van der Waals surface area contributed by atoms with Crippen molar-refractivity contribution in [2.24, 2.45) is 11.8 Å². The van der Waals surface area contributed by atoms with Crippen LogP contribution in [0.15, 0.2) is 0 Å². The van der Waals surface area contributed by atoms with Crippen LogP contribution in [0.3, 0.4) is 0 Å². The highest BCUT2D eigenvalue weighted by molar-refractivity contribution is 4.70. The Kier molecular flexibility index (Phi) is 5.87. The van der Waals surface area contributed by atoms with Gasteiger partial charge in [-0.2, -0.15) is 5.26 Å². The molecule has 0 rings (SSSR count). The predicted molar refractivity (Wildman–Crippen MR) is 47.1 cm³/mol. The number of nitrogens with one attached hydrogen (secondary N) is 1. The second kappa shape index (κ2) is 6.18. The van der Waals surface area contributed by atoms with Gasteiger partial charge in [-0.25, -0.2) is 0 Å². The van der Waals surface area contributed by atoms with Crippen LogP contribution < -0.4 is 5.32 Å². The largest absolute Gasteiger partial charge is 0.315 e. The molecule has 0 aromatic carbocycles. The maximum atomic E-state index is 8.25. The third kappa shape index (κ3) is 5.87. The van der Waals surface area contributed by atoms with E-state index in [1.54, 1.807) is 0 Å². The zero-order valence-corrected chi connectivity index (χ0v) is 7.72. The molecule has 0 radical (unpaired) electrons. The van der Waals surface area contributed by atoms with E-state index in [9.17, 15) is 0 Å². The third-order valence-corrected chi connectivity index (χ3v) is 2.02. The van der Waals surface area contributed by atoms with E-state index in [4.69, 9.17) is 5.26 Å². The smallest absolute Gasteiger partial charge is 0.0635 e. The highest BCUT2D eigenvalue weighted by Gasteiger charge is 2.04. The van der Waals surface area contributed by atoms with Crippen molar-refractivity contribution in [2.75, 3.05) is 13.1 Å². The molecule has 0 bridgehead atoms. The molecule has 0 saturated heterocycles. The molecule has 2 heteroatoms. The average Bonchev–Trinajstić information content (AvgIpc) is 1.97. The molecule has 64 valence electrons. The predicted octanol–water partition coefficient (Wildman–Crippen LogP) is 1.78. The molecular formula is C9H18N2. The van der Waals surface area contributed by atoms with Crippen LogP contribution in [0, 0.1) is 23.2 Å². The van der Waals surface area contributed by atoms with Crippen LogP contribution in [0.1, 0.15) is 27.2 Å². The first-order valence-electron chi connectivity index (χ1n) is 4.26. The van der Waals surface area contributed by atoms with Crippen molar-refractivity contribution in [3.8, 4) is 6.07 Å². The molecule has 0 aromatic heterocycles. The van der Waals surface area contributed by atoms with Gasteiger partial charge in [-0.1, -0.05) is 20.8 Å². The molecule has 0 fully saturated rings. The Morgan fingerprint density at radius 1 is 1.36 bits per heavy atom. The Morgan fingerprint density at radius 2 is 2.00 bits per heavy atom. The van der Waals surface area contributed by atoms with Gasteiger partial charge in [0.2, 0.25) is 0 Å². The van der Waals surface area contributed by atoms with Crippen LogP contribution in [-0.4, -0.2) is 13.1 Å². The zero-order valence-electron chi connectivity index (χ0n) is 7.72. The minimum atomic E-state index is 0.616. The summed E-state index contributed by atoms with van der Waals surface area (Å²) < 4.78 is 0. The van der Waals surface area contributed by atoms with Crippen molar-refractivity contribution >= 4 is 0 Å². The van der Waals surface area contributed by atoms with Crippen molar-refractivity contribution in [1.82, 2.24) is 5.32 Å². The molecule has 0 aliphatic heterocycles. The maximum Gasteiger partial charge on any atom is 0.0635 e. The fourth-order valence-corrected chi connectivity index (χ4v) is 0.710. The zero-order chi connectivity index (χ0) is 8.69. The van der Waals surface area contributed by atoms with Crippen LogP contribution in [0.25, 0.3) is 0 Å². The van der Waals surface area contributed by atoms with Gasteiger partial charge >= 0.3 is 0 Å². The Balaban J connectivity index is 3.19. The van der Waals surface area contributed by atoms with Gasteiger partial charge in [0.25, 0.3) is 0 Å². The lowest BCUT2D eigenvalue weighted by molar-refractivity contribution is 0.395. The monoisotopic (exact) mass is 154 g/mol. The Morgan fingerprint density at radius 3 is 2.45 bits per heavy atom. The first kappa shape index (κ1) is 10.4. The summed E-state index contributed by atoms with van der Waals surface area (Å²) >= 11 is 0. The lowest BCUT2D eigenvalue weighted by Crippen LogP contribution is -2.24. The van der Waals surface area contributed by atoms with E-state index in [0.717, 1.165) is 19.0 Å². The standard InChI is InChI=1S/C9H18N2/c1-8(2)9(3)7-11-6-4-5-10/h8-9,11H,4,6-7H2,1-3H3. The summed E-state index contributed by atoms with van der Waals surface area (Å²) in [6.45, 7) is 8.52. The lowest BCUT2D eigenvalue weighted by Gasteiger charge is -2.15. The first-order chi connectivity index (χ1) is 5.18. The van der Waals surface area contributed by atoms with E-state index in [1.807, 2.05) is 0 Å². The molecule has 11 heavy (non-hydrogen) atoms. The van der Waals surface area contributed by atoms with Crippen LogP contribution >= 0.6 is 0 Å². The van der Waals surface area contributed by atoms with Crippen LogP contribution in [0.4, 0.5) is 0 Å². The highest BCUT2D eigenvalue weighted by atomic mass is 14.8. The van der Waals surface area contributed by atoms with Gasteiger partial charge < -0.3 is 5.32 Å². The van der Waals surface area contributed by atoms with E-state index in [0.29, 0.717) is 12.3 Å². The van der Waals surface area contributed by atoms with Crippen LogP contribution in [0.2, 0.25) is 0 Å². The number of rotatable bonds is 5. The molecule has 1 atom stereocenters. The van der Waals surface area contributed by atoms with E-state index >= 15 is 0 Å². The summed E-state index contributed by atoms with van der Waals surface area (Å²) in [6, 6.07) is 2.11. The molecule has 2 nitrogen and oxygen atoms in total. The third-order valence-electron chi connectivity index (χ3n) is 2.02. The van der Waals surface area contributed by atoms with Gasteiger partial charge in [0, 0.05) is 13.0 Å². The van der Waals surface area contributed by atoms with Gasteiger partial charge in [-0.05, 0) is 18.4 Å². The van der Waals surface area contributed by atoms with E-state index < -0.39 is 0 Å². The molecule has 0 aromatic rings. The fraction of sp³-hybridized carbons (Fsp3) is 0.889. The number of nitriles is 1. The normalized spacial score (nSPS) is 13.0. The molecule has 0 heterocycles. The summed E-state index contributed by atoms with van der Waals surface area (Å²) in [4.78, 5) is 0. The Bertz CT molecular complexity index is 124. The summed E-state index contributed by atoms with van der Waals surface area (Å²) in [6.07, 6.45) is 0.616. The molecule has 0 aliphatic carbocycles. The first-order valence-corrected chi connectivity index (χ1v) is 4.26. The van der Waals surface area contributed by atoms with E-state index in [1.165, 1.54) is 0 Å². The minimum Gasteiger partial charge on any atom is -0.315 e. The fourth-order valence-electron chi connectivity index (χ4n) is 0.710.